The summed E-state index contributed by atoms with van der Waals surface area (Å²) in [6.07, 6.45) is -1.14. The lowest BCUT2D eigenvalue weighted by atomic mass is 9.99. The molecule has 0 aliphatic carbocycles. The number of ether oxygens (including phenoxy) is 2. The summed E-state index contributed by atoms with van der Waals surface area (Å²) in [5.41, 5.74) is 1.08. The molecule has 0 bridgehead atoms. The molecule has 3 rings (SSSR count). The number of carboxylic acid groups (broad SMARTS) is 1. The number of hydrogen-bond donors (Lipinski definition) is 1. The Balaban J connectivity index is 1.81. The number of hydrogen-bond acceptors (Lipinski definition) is 4. The Morgan fingerprint density at radius 3 is 2.50 bits per heavy atom. The van der Waals surface area contributed by atoms with Gasteiger partial charge in [-0.15, -0.1) is 0 Å². The van der Waals surface area contributed by atoms with E-state index in [0.717, 1.165) is 4.90 Å². The number of piperazine rings is 1. The van der Waals surface area contributed by atoms with Crippen molar-refractivity contribution in [3.05, 3.63) is 58.4 Å². The maximum Gasteiger partial charge on any atom is 0.407 e. The lowest BCUT2D eigenvalue weighted by Crippen LogP contribution is -2.52. The number of nitrogens with zero attached hydrogens (tertiary/aromatic N) is 2. The zero-order valence-corrected chi connectivity index (χ0v) is 17.4. The van der Waals surface area contributed by atoms with Gasteiger partial charge in [0.05, 0.1) is 18.2 Å². The molecule has 2 amide bonds. The molecule has 0 saturated carbocycles. The number of benzene rings is 2. The zero-order valence-electron chi connectivity index (χ0n) is 16.6. The van der Waals surface area contributed by atoms with Gasteiger partial charge in [-0.3, -0.25) is 9.69 Å². The molecule has 2 aromatic carbocycles. The van der Waals surface area contributed by atoms with Crippen molar-refractivity contribution >= 4 is 23.6 Å². The first kappa shape index (κ1) is 21.7. The van der Waals surface area contributed by atoms with Crippen LogP contribution in [0.15, 0.2) is 36.4 Å². The number of carbonyl (C=O) groups excluding carboxylic acids is 1. The minimum Gasteiger partial charge on any atom is -0.497 e. The molecule has 0 radical (unpaired) electrons. The third-order valence-electron chi connectivity index (χ3n) is 5.08. The van der Waals surface area contributed by atoms with Crippen molar-refractivity contribution in [3.63, 3.8) is 0 Å². The first-order valence-electron chi connectivity index (χ1n) is 9.32. The van der Waals surface area contributed by atoms with Crippen LogP contribution in [0.2, 0.25) is 5.02 Å². The average Bonchev–Trinajstić information content (AvgIpc) is 2.72. The Kier molecular flexibility index (Phi) is 6.66. The lowest BCUT2D eigenvalue weighted by molar-refractivity contribution is -0.137. The van der Waals surface area contributed by atoms with Gasteiger partial charge in [-0.2, -0.15) is 0 Å². The summed E-state index contributed by atoms with van der Waals surface area (Å²) in [4.78, 5) is 26.2. The predicted molar refractivity (Wildman–Crippen MR) is 108 cm³/mol. The molecule has 1 unspecified atom stereocenters. The first-order valence-corrected chi connectivity index (χ1v) is 9.70. The normalized spacial score (nSPS) is 15.1. The number of amides is 2. The molecule has 1 aliphatic heterocycles. The van der Waals surface area contributed by atoms with E-state index in [-0.39, 0.29) is 37.2 Å². The highest BCUT2D eigenvalue weighted by atomic mass is 35.5. The molecule has 0 aromatic heterocycles. The molecule has 9 heteroatoms. The average molecular weight is 437 g/mol. The quantitative estimate of drug-likeness (QED) is 0.741. The summed E-state index contributed by atoms with van der Waals surface area (Å²) in [5, 5.41) is 9.29. The summed E-state index contributed by atoms with van der Waals surface area (Å²) in [6, 6.07) is 9.03. The molecule has 30 heavy (non-hydrogen) atoms. The van der Waals surface area contributed by atoms with Gasteiger partial charge in [-0.1, -0.05) is 11.6 Å². The zero-order chi connectivity index (χ0) is 21.8. The van der Waals surface area contributed by atoms with Crippen LogP contribution in [0.3, 0.4) is 0 Å². The molecule has 0 spiro atoms. The second kappa shape index (κ2) is 9.21. The summed E-state index contributed by atoms with van der Waals surface area (Å²) < 4.78 is 25.1. The highest BCUT2D eigenvalue weighted by Gasteiger charge is 2.31. The Bertz CT molecular complexity index is 938. The molecular weight excluding hydrogens is 415 g/mol. The van der Waals surface area contributed by atoms with Gasteiger partial charge in [0, 0.05) is 18.7 Å². The first-order chi connectivity index (χ1) is 14.3. The Labute approximate surface area is 178 Å². The van der Waals surface area contributed by atoms with Gasteiger partial charge in [0.25, 0.3) is 0 Å². The summed E-state index contributed by atoms with van der Waals surface area (Å²) in [6.45, 7) is 2.00. The second-order valence-corrected chi connectivity index (χ2v) is 7.29. The largest absolute Gasteiger partial charge is 0.497 e. The SMILES string of the molecule is COc1ccc(OCc2c(Cl)cc(F)cc2C(C)N2CCN(C(=O)O)CC2=O)cc1. The van der Waals surface area contributed by atoms with E-state index in [2.05, 4.69) is 0 Å². The van der Waals surface area contributed by atoms with Gasteiger partial charge in [0.1, 0.15) is 30.5 Å². The number of methoxy groups -OCH3 is 1. The number of carbonyl (C=O) groups is 2. The van der Waals surface area contributed by atoms with Crippen LogP contribution in [0, 0.1) is 5.82 Å². The maximum absolute atomic E-state index is 14.1. The molecule has 1 saturated heterocycles. The van der Waals surface area contributed by atoms with Crippen LogP contribution in [0.4, 0.5) is 9.18 Å². The van der Waals surface area contributed by atoms with Gasteiger partial charge < -0.3 is 19.5 Å². The van der Waals surface area contributed by atoms with E-state index < -0.39 is 18.0 Å². The Hall–Kier alpha value is -3.00. The fourth-order valence-electron chi connectivity index (χ4n) is 3.40. The van der Waals surface area contributed by atoms with Gasteiger partial charge in [-0.05, 0) is 48.9 Å². The van der Waals surface area contributed by atoms with E-state index in [9.17, 15) is 14.0 Å². The number of rotatable bonds is 6. The summed E-state index contributed by atoms with van der Waals surface area (Å²) in [7, 11) is 1.57. The van der Waals surface area contributed by atoms with Crippen LogP contribution < -0.4 is 9.47 Å². The van der Waals surface area contributed by atoms with Crippen LogP contribution in [-0.2, 0) is 11.4 Å². The van der Waals surface area contributed by atoms with Gasteiger partial charge in [0.2, 0.25) is 5.91 Å². The van der Waals surface area contributed by atoms with Crippen molar-refractivity contribution in [3.8, 4) is 11.5 Å². The molecule has 1 aliphatic rings. The molecular formula is C21H22ClFN2O5. The van der Waals surface area contributed by atoms with Crippen LogP contribution in [0.5, 0.6) is 11.5 Å². The van der Waals surface area contributed by atoms with E-state index in [1.54, 1.807) is 38.3 Å². The van der Waals surface area contributed by atoms with E-state index in [1.165, 1.54) is 17.0 Å². The highest BCUT2D eigenvalue weighted by molar-refractivity contribution is 6.31. The Morgan fingerprint density at radius 2 is 1.90 bits per heavy atom. The molecule has 2 aromatic rings. The lowest BCUT2D eigenvalue weighted by Gasteiger charge is -2.37. The molecule has 7 nitrogen and oxygen atoms in total. The minimum atomic E-state index is -1.14. The monoisotopic (exact) mass is 436 g/mol. The standard InChI is InChI=1S/C21H22ClFN2O5/c1-13(25-8-7-24(21(27)28)11-20(25)26)17-9-14(23)10-19(22)18(17)12-30-16-5-3-15(29-2)4-6-16/h3-6,9-10,13H,7-8,11-12H2,1-2H3,(H,27,28). The molecule has 1 atom stereocenters. The van der Waals surface area contributed by atoms with Crippen LogP contribution in [0.25, 0.3) is 0 Å². The molecule has 160 valence electrons. The van der Waals surface area contributed by atoms with Crippen molar-refractivity contribution in [1.29, 1.82) is 0 Å². The maximum atomic E-state index is 14.1. The van der Waals surface area contributed by atoms with Crippen molar-refractivity contribution in [1.82, 2.24) is 9.80 Å². The van der Waals surface area contributed by atoms with Crippen LogP contribution >= 0.6 is 11.6 Å². The van der Waals surface area contributed by atoms with Crippen LogP contribution in [-0.4, -0.2) is 53.7 Å². The second-order valence-electron chi connectivity index (χ2n) is 6.89. The van der Waals surface area contributed by atoms with Gasteiger partial charge >= 0.3 is 6.09 Å². The smallest absolute Gasteiger partial charge is 0.407 e. The van der Waals surface area contributed by atoms with Crippen molar-refractivity contribution in [2.75, 3.05) is 26.7 Å². The van der Waals surface area contributed by atoms with E-state index in [1.807, 2.05) is 0 Å². The van der Waals surface area contributed by atoms with Crippen molar-refractivity contribution in [2.24, 2.45) is 0 Å². The topological polar surface area (TPSA) is 79.3 Å². The van der Waals surface area contributed by atoms with E-state index >= 15 is 0 Å². The fraction of sp³-hybridized carbons (Fsp3) is 0.333. The predicted octanol–water partition coefficient (Wildman–Crippen LogP) is 3.95. The summed E-state index contributed by atoms with van der Waals surface area (Å²) >= 11 is 6.30. The van der Waals surface area contributed by atoms with Gasteiger partial charge in [-0.25, -0.2) is 9.18 Å². The minimum absolute atomic E-state index is 0.0778. The van der Waals surface area contributed by atoms with Crippen LogP contribution in [0.1, 0.15) is 24.1 Å². The molecule has 1 N–H and O–H groups in total. The summed E-state index contributed by atoms with van der Waals surface area (Å²) in [5.74, 6) is 0.404. The highest BCUT2D eigenvalue weighted by Crippen LogP contribution is 2.32. The molecule has 1 fully saturated rings. The third kappa shape index (κ3) is 4.76. The molecule has 1 heterocycles. The van der Waals surface area contributed by atoms with Crippen molar-refractivity contribution in [2.45, 2.75) is 19.6 Å². The fourth-order valence-corrected chi connectivity index (χ4v) is 3.67. The van der Waals surface area contributed by atoms with Gasteiger partial charge in [0.15, 0.2) is 0 Å². The van der Waals surface area contributed by atoms with E-state index in [0.29, 0.717) is 22.6 Å². The Morgan fingerprint density at radius 1 is 1.23 bits per heavy atom. The van der Waals surface area contributed by atoms with E-state index in [4.69, 9.17) is 26.2 Å². The number of halogens is 2. The third-order valence-corrected chi connectivity index (χ3v) is 5.42. The van der Waals surface area contributed by atoms with Crippen molar-refractivity contribution < 1.29 is 28.6 Å².